The number of hydrogen-bond donors (Lipinski definition) is 1. The van der Waals surface area contributed by atoms with Gasteiger partial charge < -0.3 is 19.9 Å². The van der Waals surface area contributed by atoms with Crippen LogP contribution in [-0.4, -0.2) is 62.3 Å². The molecule has 0 spiro atoms. The van der Waals surface area contributed by atoms with Gasteiger partial charge in [-0.1, -0.05) is 18.2 Å². The highest BCUT2D eigenvalue weighted by Crippen LogP contribution is 2.17. The van der Waals surface area contributed by atoms with Crippen molar-refractivity contribution in [1.29, 1.82) is 0 Å². The second kappa shape index (κ2) is 6.03. The van der Waals surface area contributed by atoms with Gasteiger partial charge in [0.15, 0.2) is 0 Å². The number of amides is 1. The zero-order valence-corrected chi connectivity index (χ0v) is 12.5. The molecule has 1 aromatic carbocycles. The third-order valence-electron chi connectivity index (χ3n) is 4.30. The normalized spacial score (nSPS) is 21.0. The molecule has 2 aliphatic heterocycles. The van der Waals surface area contributed by atoms with Crippen LogP contribution in [0.1, 0.15) is 6.92 Å². The van der Waals surface area contributed by atoms with Gasteiger partial charge in [0, 0.05) is 45.0 Å². The van der Waals surface area contributed by atoms with Crippen LogP contribution in [0.25, 0.3) is 0 Å². The number of piperazine rings is 1. The van der Waals surface area contributed by atoms with E-state index in [0.29, 0.717) is 0 Å². The maximum absolute atomic E-state index is 12.2. The van der Waals surface area contributed by atoms with Gasteiger partial charge in [-0.3, -0.25) is 4.79 Å². The highest BCUT2D eigenvalue weighted by atomic mass is 16.5. The average Bonchev–Trinajstić information content (AvgIpc) is 2.52. The molecule has 0 saturated carbocycles. The summed E-state index contributed by atoms with van der Waals surface area (Å²) >= 11 is 0. The Balaban J connectivity index is 1.45. The Hall–Kier alpha value is -1.59. The van der Waals surface area contributed by atoms with Crippen LogP contribution >= 0.6 is 0 Å². The Morgan fingerprint density at radius 3 is 2.43 bits per heavy atom. The molecule has 0 bridgehead atoms. The first-order valence-corrected chi connectivity index (χ1v) is 7.59. The number of carbonyl (C=O) groups excluding carboxylic acids is 1. The van der Waals surface area contributed by atoms with E-state index in [0.717, 1.165) is 39.3 Å². The standard InChI is InChI=1S/C16H23N3O2/c1-16(12-17-13-16)21-11-15(20)19-9-7-18(8-10-19)14-5-3-2-4-6-14/h2-6,17H,7-13H2,1H3. The maximum Gasteiger partial charge on any atom is 0.248 e. The van der Waals surface area contributed by atoms with Gasteiger partial charge in [0.05, 0.1) is 5.60 Å². The van der Waals surface area contributed by atoms with Gasteiger partial charge in [-0.15, -0.1) is 0 Å². The third-order valence-corrected chi connectivity index (χ3v) is 4.30. The van der Waals surface area contributed by atoms with E-state index in [-0.39, 0.29) is 18.1 Å². The lowest BCUT2D eigenvalue weighted by atomic mass is 10.0. The molecule has 1 amide bonds. The highest BCUT2D eigenvalue weighted by Gasteiger charge is 2.33. The van der Waals surface area contributed by atoms with Gasteiger partial charge in [0.2, 0.25) is 5.91 Å². The first-order valence-electron chi connectivity index (χ1n) is 7.59. The Morgan fingerprint density at radius 2 is 1.86 bits per heavy atom. The fraction of sp³-hybridized carbons (Fsp3) is 0.562. The van der Waals surface area contributed by atoms with Crippen molar-refractivity contribution in [2.24, 2.45) is 0 Å². The summed E-state index contributed by atoms with van der Waals surface area (Å²) < 4.78 is 5.72. The molecule has 114 valence electrons. The zero-order valence-electron chi connectivity index (χ0n) is 12.5. The van der Waals surface area contributed by atoms with E-state index in [1.54, 1.807) is 0 Å². The zero-order chi connectivity index (χ0) is 14.7. The Labute approximate surface area is 125 Å². The number of carbonyl (C=O) groups is 1. The van der Waals surface area contributed by atoms with Crippen LogP contribution in [0.3, 0.4) is 0 Å². The van der Waals surface area contributed by atoms with E-state index in [4.69, 9.17) is 4.74 Å². The third kappa shape index (κ3) is 3.36. The Morgan fingerprint density at radius 1 is 1.19 bits per heavy atom. The van der Waals surface area contributed by atoms with Gasteiger partial charge in [0.25, 0.3) is 0 Å². The van der Waals surface area contributed by atoms with Crippen molar-refractivity contribution < 1.29 is 9.53 Å². The molecule has 0 aliphatic carbocycles. The molecular weight excluding hydrogens is 266 g/mol. The summed E-state index contributed by atoms with van der Waals surface area (Å²) in [7, 11) is 0. The molecule has 2 heterocycles. The van der Waals surface area contributed by atoms with Gasteiger partial charge >= 0.3 is 0 Å². The summed E-state index contributed by atoms with van der Waals surface area (Å²) in [5, 5.41) is 3.17. The van der Waals surface area contributed by atoms with Crippen molar-refractivity contribution in [3.05, 3.63) is 30.3 Å². The predicted octanol–water partition coefficient (Wildman–Crippen LogP) is 0.714. The van der Waals surface area contributed by atoms with E-state index < -0.39 is 0 Å². The lowest BCUT2D eigenvalue weighted by Crippen LogP contribution is -2.60. The smallest absolute Gasteiger partial charge is 0.248 e. The van der Waals surface area contributed by atoms with E-state index in [2.05, 4.69) is 22.3 Å². The summed E-state index contributed by atoms with van der Waals surface area (Å²) in [6.45, 7) is 7.22. The molecule has 5 nitrogen and oxygen atoms in total. The first-order chi connectivity index (χ1) is 10.2. The second-order valence-corrected chi connectivity index (χ2v) is 6.05. The predicted molar refractivity (Wildman–Crippen MR) is 82.5 cm³/mol. The van der Waals surface area contributed by atoms with Crippen LogP contribution in [-0.2, 0) is 9.53 Å². The van der Waals surface area contributed by atoms with Gasteiger partial charge in [-0.05, 0) is 19.1 Å². The molecule has 0 atom stereocenters. The van der Waals surface area contributed by atoms with Crippen molar-refractivity contribution in [2.75, 3.05) is 50.8 Å². The van der Waals surface area contributed by atoms with E-state index in [9.17, 15) is 4.79 Å². The second-order valence-electron chi connectivity index (χ2n) is 6.05. The monoisotopic (exact) mass is 289 g/mol. The molecule has 2 fully saturated rings. The average molecular weight is 289 g/mol. The summed E-state index contributed by atoms with van der Waals surface area (Å²) in [5.41, 5.74) is 1.08. The molecule has 1 aromatic rings. The van der Waals surface area contributed by atoms with Crippen LogP contribution < -0.4 is 10.2 Å². The summed E-state index contributed by atoms with van der Waals surface area (Å²) in [6.07, 6.45) is 0. The number of benzene rings is 1. The Bertz CT molecular complexity index is 480. The SMILES string of the molecule is CC1(OCC(=O)N2CCN(c3ccccc3)CC2)CNC1. The minimum atomic E-state index is -0.151. The van der Waals surface area contributed by atoms with Crippen molar-refractivity contribution in [1.82, 2.24) is 10.2 Å². The molecule has 0 radical (unpaired) electrons. The number of ether oxygens (including phenoxy) is 1. The van der Waals surface area contributed by atoms with Gasteiger partial charge in [-0.2, -0.15) is 0 Å². The maximum atomic E-state index is 12.2. The lowest BCUT2D eigenvalue weighted by Gasteiger charge is -2.40. The number of rotatable bonds is 4. The highest BCUT2D eigenvalue weighted by molar-refractivity contribution is 5.77. The minimum Gasteiger partial charge on any atom is -0.368 e. The van der Waals surface area contributed by atoms with Crippen LogP contribution in [0.15, 0.2) is 30.3 Å². The molecule has 2 aliphatic rings. The van der Waals surface area contributed by atoms with Crippen molar-refractivity contribution in [2.45, 2.75) is 12.5 Å². The molecule has 1 N–H and O–H groups in total. The van der Waals surface area contributed by atoms with Crippen LogP contribution in [0.2, 0.25) is 0 Å². The fourth-order valence-electron chi connectivity index (χ4n) is 2.76. The number of nitrogens with zero attached hydrogens (tertiary/aromatic N) is 2. The van der Waals surface area contributed by atoms with Crippen LogP contribution in [0, 0.1) is 0 Å². The summed E-state index contributed by atoms with van der Waals surface area (Å²) in [4.78, 5) is 16.4. The summed E-state index contributed by atoms with van der Waals surface area (Å²) in [5.74, 6) is 0.107. The minimum absolute atomic E-state index is 0.107. The van der Waals surface area contributed by atoms with Crippen LogP contribution in [0.4, 0.5) is 5.69 Å². The van der Waals surface area contributed by atoms with E-state index in [1.165, 1.54) is 5.69 Å². The van der Waals surface area contributed by atoms with E-state index in [1.807, 2.05) is 30.0 Å². The summed E-state index contributed by atoms with van der Waals surface area (Å²) in [6, 6.07) is 10.4. The largest absolute Gasteiger partial charge is 0.368 e. The van der Waals surface area contributed by atoms with Crippen molar-refractivity contribution >= 4 is 11.6 Å². The van der Waals surface area contributed by atoms with Crippen molar-refractivity contribution in [3.8, 4) is 0 Å². The number of para-hydroxylation sites is 1. The number of nitrogens with one attached hydrogen (secondary N) is 1. The molecular formula is C16H23N3O2. The number of anilines is 1. The van der Waals surface area contributed by atoms with Gasteiger partial charge in [-0.25, -0.2) is 0 Å². The topological polar surface area (TPSA) is 44.8 Å². The quantitative estimate of drug-likeness (QED) is 0.887. The Kier molecular flexibility index (Phi) is 4.12. The number of hydrogen-bond acceptors (Lipinski definition) is 4. The first kappa shape index (κ1) is 14.4. The fourth-order valence-corrected chi connectivity index (χ4v) is 2.76. The molecule has 21 heavy (non-hydrogen) atoms. The van der Waals surface area contributed by atoms with E-state index >= 15 is 0 Å². The van der Waals surface area contributed by atoms with Gasteiger partial charge in [0.1, 0.15) is 6.61 Å². The van der Waals surface area contributed by atoms with Crippen molar-refractivity contribution in [3.63, 3.8) is 0 Å². The molecule has 0 aromatic heterocycles. The molecule has 0 unspecified atom stereocenters. The lowest BCUT2D eigenvalue weighted by molar-refractivity contribution is -0.146. The van der Waals surface area contributed by atoms with Crippen LogP contribution in [0.5, 0.6) is 0 Å². The molecule has 3 rings (SSSR count). The molecule has 2 saturated heterocycles. The molecule has 5 heteroatoms.